The third-order valence-corrected chi connectivity index (χ3v) is 5.72. The number of carbonyl (C=O) groups excluding carboxylic acids is 1. The number of anilines is 2. The molecule has 30 heavy (non-hydrogen) atoms. The second-order valence-electron chi connectivity index (χ2n) is 8.00. The summed E-state index contributed by atoms with van der Waals surface area (Å²) < 4.78 is 5.54. The average molecular weight is 404 g/mol. The standard InChI is InChI=1S/C22H24N6O2/c1-13-3-5-18(6-4-13)30-12-20(29)26-15-8-19-14(2)25-22(27-21(19)24-9-15)28-11-16-7-17(28)10-23-16/h3-6,8-9,16-17,23H,7,10-12H2,1-2H3,(H,26,29). The zero-order valence-corrected chi connectivity index (χ0v) is 17.1. The highest BCUT2D eigenvalue weighted by molar-refractivity contribution is 5.94. The lowest BCUT2D eigenvalue weighted by atomic mass is 10.2. The summed E-state index contributed by atoms with van der Waals surface area (Å²) in [5.74, 6) is 1.16. The Labute approximate surface area is 174 Å². The smallest absolute Gasteiger partial charge is 0.262 e. The van der Waals surface area contributed by atoms with Crippen molar-refractivity contribution in [3.05, 3.63) is 47.8 Å². The summed E-state index contributed by atoms with van der Waals surface area (Å²) >= 11 is 0. The van der Waals surface area contributed by atoms with E-state index >= 15 is 0 Å². The molecule has 5 rings (SSSR count). The molecular weight excluding hydrogens is 380 g/mol. The van der Waals surface area contributed by atoms with E-state index in [1.54, 1.807) is 6.20 Å². The van der Waals surface area contributed by atoms with Crippen molar-refractivity contribution in [3.8, 4) is 5.75 Å². The maximum absolute atomic E-state index is 12.3. The van der Waals surface area contributed by atoms with Crippen molar-refractivity contribution in [1.29, 1.82) is 0 Å². The fourth-order valence-electron chi connectivity index (χ4n) is 4.13. The first-order valence-electron chi connectivity index (χ1n) is 10.2. The molecule has 2 N–H and O–H groups in total. The Bertz CT molecular complexity index is 1100. The first-order chi connectivity index (χ1) is 14.5. The Kier molecular flexibility index (Phi) is 4.71. The highest BCUT2D eigenvalue weighted by Crippen LogP contribution is 2.29. The van der Waals surface area contributed by atoms with Gasteiger partial charge in [0.2, 0.25) is 5.95 Å². The predicted octanol–water partition coefficient (Wildman–Crippen LogP) is 2.21. The van der Waals surface area contributed by atoms with Crippen LogP contribution < -0.4 is 20.3 Å². The number of fused-ring (bicyclic) bond motifs is 3. The van der Waals surface area contributed by atoms with Gasteiger partial charge in [-0.15, -0.1) is 0 Å². The van der Waals surface area contributed by atoms with Crippen LogP contribution in [0, 0.1) is 13.8 Å². The summed E-state index contributed by atoms with van der Waals surface area (Å²) in [4.78, 5) is 28.4. The number of ether oxygens (including phenoxy) is 1. The van der Waals surface area contributed by atoms with Gasteiger partial charge in [-0.25, -0.2) is 9.97 Å². The van der Waals surface area contributed by atoms with Crippen LogP contribution in [-0.4, -0.2) is 52.6 Å². The van der Waals surface area contributed by atoms with Gasteiger partial charge in [0, 0.05) is 30.6 Å². The molecule has 1 amide bonds. The van der Waals surface area contributed by atoms with E-state index in [-0.39, 0.29) is 12.5 Å². The molecule has 0 radical (unpaired) electrons. The summed E-state index contributed by atoms with van der Waals surface area (Å²) in [6.45, 7) is 5.80. The fourth-order valence-corrected chi connectivity index (χ4v) is 4.13. The maximum Gasteiger partial charge on any atom is 0.262 e. The minimum absolute atomic E-state index is 0.0684. The number of nitrogens with one attached hydrogen (secondary N) is 2. The Hall–Kier alpha value is -3.26. The molecule has 154 valence electrons. The monoisotopic (exact) mass is 404 g/mol. The molecule has 2 aliphatic rings. The Morgan fingerprint density at radius 2 is 2.10 bits per heavy atom. The third-order valence-electron chi connectivity index (χ3n) is 5.72. The lowest BCUT2D eigenvalue weighted by Crippen LogP contribution is -2.44. The van der Waals surface area contributed by atoms with E-state index in [0.29, 0.717) is 29.2 Å². The minimum Gasteiger partial charge on any atom is -0.484 e. The molecule has 2 atom stereocenters. The summed E-state index contributed by atoms with van der Waals surface area (Å²) in [5.41, 5.74) is 3.24. The molecule has 2 bridgehead atoms. The number of nitrogens with zero attached hydrogens (tertiary/aromatic N) is 4. The van der Waals surface area contributed by atoms with Gasteiger partial charge in [0.1, 0.15) is 5.75 Å². The second-order valence-corrected chi connectivity index (χ2v) is 8.00. The van der Waals surface area contributed by atoms with Crippen LogP contribution in [0.5, 0.6) is 5.75 Å². The Morgan fingerprint density at radius 3 is 2.83 bits per heavy atom. The SMILES string of the molecule is Cc1ccc(OCC(=O)Nc2cnc3nc(N4CC5CC4CN5)nc(C)c3c2)cc1. The largest absolute Gasteiger partial charge is 0.484 e. The summed E-state index contributed by atoms with van der Waals surface area (Å²) in [5, 5.41) is 7.16. The first-order valence-corrected chi connectivity index (χ1v) is 10.2. The summed E-state index contributed by atoms with van der Waals surface area (Å²) in [6.07, 6.45) is 2.77. The van der Waals surface area contributed by atoms with Crippen molar-refractivity contribution in [2.75, 3.05) is 29.9 Å². The highest BCUT2D eigenvalue weighted by Gasteiger charge is 2.39. The Morgan fingerprint density at radius 1 is 1.27 bits per heavy atom. The van der Waals surface area contributed by atoms with Crippen LogP contribution in [0.25, 0.3) is 11.0 Å². The molecule has 2 fully saturated rings. The van der Waals surface area contributed by atoms with Crippen molar-refractivity contribution in [2.45, 2.75) is 32.4 Å². The average Bonchev–Trinajstić information content (AvgIpc) is 3.37. The number of aryl methyl sites for hydroxylation is 2. The van der Waals surface area contributed by atoms with Crippen LogP contribution in [0.3, 0.4) is 0 Å². The van der Waals surface area contributed by atoms with Gasteiger partial charge in [-0.2, -0.15) is 4.98 Å². The van der Waals surface area contributed by atoms with Gasteiger partial charge in [0.15, 0.2) is 12.3 Å². The van der Waals surface area contributed by atoms with E-state index in [1.165, 1.54) is 0 Å². The molecule has 2 aliphatic heterocycles. The zero-order chi connectivity index (χ0) is 20.7. The Balaban J connectivity index is 1.28. The zero-order valence-electron chi connectivity index (χ0n) is 17.1. The molecule has 2 aromatic heterocycles. The first kappa shape index (κ1) is 18.7. The number of aromatic nitrogens is 3. The lowest BCUT2D eigenvalue weighted by molar-refractivity contribution is -0.118. The van der Waals surface area contributed by atoms with Crippen LogP contribution in [0.1, 0.15) is 17.7 Å². The van der Waals surface area contributed by atoms with Crippen molar-refractivity contribution >= 4 is 28.6 Å². The third kappa shape index (κ3) is 3.66. The van der Waals surface area contributed by atoms with Crippen LogP contribution in [0.15, 0.2) is 36.5 Å². The molecule has 0 saturated carbocycles. The number of rotatable bonds is 5. The summed E-state index contributed by atoms with van der Waals surface area (Å²) in [7, 11) is 0. The van der Waals surface area contributed by atoms with Gasteiger partial charge in [0.25, 0.3) is 5.91 Å². The van der Waals surface area contributed by atoms with Gasteiger partial charge in [-0.1, -0.05) is 17.7 Å². The number of piperazine rings is 1. The topological polar surface area (TPSA) is 92.3 Å². The molecule has 3 aromatic rings. The van der Waals surface area contributed by atoms with Crippen molar-refractivity contribution in [3.63, 3.8) is 0 Å². The van der Waals surface area contributed by atoms with Gasteiger partial charge >= 0.3 is 0 Å². The van der Waals surface area contributed by atoms with E-state index in [2.05, 4.69) is 25.5 Å². The second kappa shape index (κ2) is 7.53. The fraction of sp³-hybridized carbons (Fsp3) is 0.364. The number of benzene rings is 1. The van der Waals surface area contributed by atoms with Gasteiger partial charge < -0.3 is 20.3 Å². The molecule has 2 saturated heterocycles. The van der Waals surface area contributed by atoms with Crippen molar-refractivity contribution < 1.29 is 9.53 Å². The number of amides is 1. The highest BCUT2D eigenvalue weighted by atomic mass is 16.5. The minimum atomic E-state index is -0.243. The van der Waals surface area contributed by atoms with E-state index in [0.717, 1.165) is 42.1 Å². The molecule has 8 nitrogen and oxygen atoms in total. The van der Waals surface area contributed by atoms with Crippen LogP contribution in [-0.2, 0) is 4.79 Å². The van der Waals surface area contributed by atoms with Crippen LogP contribution >= 0.6 is 0 Å². The van der Waals surface area contributed by atoms with Crippen LogP contribution in [0.2, 0.25) is 0 Å². The number of carbonyl (C=O) groups is 1. The molecule has 4 heterocycles. The number of pyridine rings is 1. The number of hydrogen-bond donors (Lipinski definition) is 2. The summed E-state index contributed by atoms with van der Waals surface area (Å²) in [6, 6.07) is 10.4. The molecule has 8 heteroatoms. The number of hydrogen-bond acceptors (Lipinski definition) is 7. The van der Waals surface area contributed by atoms with Gasteiger partial charge in [-0.05, 0) is 38.5 Å². The van der Waals surface area contributed by atoms with Crippen molar-refractivity contribution in [2.24, 2.45) is 0 Å². The van der Waals surface area contributed by atoms with Crippen molar-refractivity contribution in [1.82, 2.24) is 20.3 Å². The van der Waals surface area contributed by atoms with E-state index in [1.807, 2.05) is 44.2 Å². The molecule has 0 aliphatic carbocycles. The molecule has 1 aromatic carbocycles. The van der Waals surface area contributed by atoms with Gasteiger partial charge in [-0.3, -0.25) is 4.79 Å². The van der Waals surface area contributed by atoms with E-state index in [4.69, 9.17) is 9.72 Å². The van der Waals surface area contributed by atoms with E-state index < -0.39 is 0 Å². The molecule has 0 spiro atoms. The van der Waals surface area contributed by atoms with Crippen LogP contribution in [0.4, 0.5) is 11.6 Å². The normalized spacial score (nSPS) is 20.0. The maximum atomic E-state index is 12.3. The predicted molar refractivity (Wildman–Crippen MR) is 115 cm³/mol. The molecular formula is C22H24N6O2. The quantitative estimate of drug-likeness (QED) is 0.674. The van der Waals surface area contributed by atoms with Gasteiger partial charge in [0.05, 0.1) is 17.6 Å². The van der Waals surface area contributed by atoms with E-state index in [9.17, 15) is 4.79 Å². The lowest BCUT2D eigenvalue weighted by Gasteiger charge is -2.27. The molecule has 2 unspecified atom stereocenters.